The molecule has 64 valence electrons. The number of carbonyl (C=O) groups is 1. The van der Waals surface area contributed by atoms with Gasteiger partial charge < -0.3 is 10.2 Å². The van der Waals surface area contributed by atoms with Gasteiger partial charge >= 0.3 is 0 Å². The van der Waals surface area contributed by atoms with Crippen molar-refractivity contribution in [1.82, 2.24) is 10.8 Å². The molecular weight excluding hydrogens is 144 g/mol. The van der Waals surface area contributed by atoms with Crippen LogP contribution < -0.4 is 10.8 Å². The van der Waals surface area contributed by atoms with E-state index >= 15 is 0 Å². The van der Waals surface area contributed by atoms with Crippen molar-refractivity contribution in [2.45, 2.75) is 25.8 Å². The predicted molar refractivity (Wildman–Crippen MR) is 40.8 cm³/mol. The second-order valence-electron chi connectivity index (χ2n) is 2.58. The number of hydroxylamine groups is 1. The van der Waals surface area contributed by atoms with E-state index in [0.717, 1.165) is 6.42 Å². The molecule has 0 spiro atoms. The predicted octanol–water partition coefficient (Wildman–Crippen LogP) is -0.194. The van der Waals surface area contributed by atoms with Crippen molar-refractivity contribution in [2.75, 3.05) is 13.2 Å². The Balaban J connectivity index is 2.04. The van der Waals surface area contributed by atoms with Crippen molar-refractivity contribution >= 4 is 5.91 Å². The van der Waals surface area contributed by atoms with E-state index < -0.39 is 0 Å². The van der Waals surface area contributed by atoms with Crippen LogP contribution in [0.5, 0.6) is 0 Å². The Morgan fingerprint density at radius 3 is 3.18 bits per heavy atom. The highest BCUT2D eigenvalue weighted by molar-refractivity contribution is 5.78. The summed E-state index contributed by atoms with van der Waals surface area (Å²) >= 11 is 0. The normalized spacial score (nSPS) is 23.7. The van der Waals surface area contributed by atoms with Gasteiger partial charge in [0.25, 0.3) is 0 Å². The van der Waals surface area contributed by atoms with E-state index in [9.17, 15) is 4.79 Å². The van der Waals surface area contributed by atoms with Crippen LogP contribution in [0.2, 0.25) is 0 Å². The van der Waals surface area contributed by atoms with Crippen LogP contribution in [0.4, 0.5) is 0 Å². The molecule has 0 radical (unpaired) electrons. The van der Waals surface area contributed by atoms with Crippen LogP contribution in [0, 0.1) is 0 Å². The van der Waals surface area contributed by atoms with Crippen LogP contribution in [0.15, 0.2) is 0 Å². The van der Waals surface area contributed by atoms with Gasteiger partial charge in [-0.3, -0.25) is 4.79 Å². The maximum atomic E-state index is 10.7. The van der Waals surface area contributed by atoms with Gasteiger partial charge in [0.2, 0.25) is 5.91 Å². The Labute approximate surface area is 66.3 Å². The average Bonchev–Trinajstić information content (AvgIpc) is 2.37. The van der Waals surface area contributed by atoms with Crippen molar-refractivity contribution in [3.8, 4) is 0 Å². The molecule has 1 rings (SSSR count). The van der Waals surface area contributed by atoms with Crippen LogP contribution in [0.1, 0.15) is 19.8 Å². The fourth-order valence-electron chi connectivity index (χ4n) is 1.09. The van der Waals surface area contributed by atoms with Gasteiger partial charge in [0.15, 0.2) is 0 Å². The third-order valence-electron chi connectivity index (χ3n) is 1.66. The van der Waals surface area contributed by atoms with Crippen LogP contribution >= 0.6 is 0 Å². The summed E-state index contributed by atoms with van der Waals surface area (Å²) in [4.78, 5) is 15.6. The Morgan fingerprint density at radius 2 is 2.64 bits per heavy atom. The number of hydrogen-bond donors (Lipinski definition) is 2. The lowest BCUT2D eigenvalue weighted by atomic mass is 10.2. The van der Waals surface area contributed by atoms with E-state index in [0.29, 0.717) is 19.6 Å². The molecule has 1 saturated heterocycles. The summed E-state index contributed by atoms with van der Waals surface area (Å²) in [5.74, 6) is 0.147. The average molecular weight is 158 g/mol. The summed E-state index contributed by atoms with van der Waals surface area (Å²) < 4.78 is 0. The zero-order valence-electron chi connectivity index (χ0n) is 6.72. The molecule has 0 saturated carbocycles. The van der Waals surface area contributed by atoms with Gasteiger partial charge in [-0.25, -0.2) is 5.48 Å². The van der Waals surface area contributed by atoms with Gasteiger partial charge in [-0.05, 0) is 13.3 Å². The molecule has 4 nitrogen and oxygen atoms in total. The molecule has 0 bridgehead atoms. The van der Waals surface area contributed by atoms with Crippen molar-refractivity contribution in [3.63, 3.8) is 0 Å². The van der Waals surface area contributed by atoms with E-state index in [1.54, 1.807) is 0 Å². The molecule has 1 atom stereocenters. The van der Waals surface area contributed by atoms with Crippen molar-refractivity contribution < 1.29 is 9.63 Å². The number of hydrogen-bond acceptors (Lipinski definition) is 3. The third-order valence-corrected chi connectivity index (χ3v) is 1.66. The van der Waals surface area contributed by atoms with Gasteiger partial charge in [0.1, 0.15) is 0 Å². The first-order valence-electron chi connectivity index (χ1n) is 3.97. The quantitative estimate of drug-likeness (QED) is 0.440. The van der Waals surface area contributed by atoms with Crippen LogP contribution in [0.3, 0.4) is 0 Å². The molecule has 1 amide bonds. The molecule has 11 heavy (non-hydrogen) atoms. The minimum atomic E-state index is 0.147. The van der Waals surface area contributed by atoms with Crippen molar-refractivity contribution in [2.24, 2.45) is 0 Å². The van der Waals surface area contributed by atoms with E-state index in [4.69, 9.17) is 4.84 Å². The Morgan fingerprint density at radius 1 is 1.82 bits per heavy atom. The van der Waals surface area contributed by atoms with Gasteiger partial charge in [-0.15, -0.1) is 0 Å². The molecule has 1 aliphatic heterocycles. The molecule has 0 aromatic carbocycles. The fourth-order valence-corrected chi connectivity index (χ4v) is 1.09. The summed E-state index contributed by atoms with van der Waals surface area (Å²) in [5.41, 5.74) is 2.78. The van der Waals surface area contributed by atoms with E-state index in [2.05, 4.69) is 10.8 Å². The zero-order valence-corrected chi connectivity index (χ0v) is 6.72. The highest BCUT2D eigenvalue weighted by atomic mass is 16.6. The summed E-state index contributed by atoms with van der Waals surface area (Å²) in [5, 5.41) is 2.83. The van der Waals surface area contributed by atoms with Gasteiger partial charge in [0.05, 0.1) is 6.61 Å². The first kappa shape index (κ1) is 8.49. The summed E-state index contributed by atoms with van der Waals surface area (Å²) in [6, 6.07) is 0.258. The summed E-state index contributed by atoms with van der Waals surface area (Å²) in [7, 11) is 0. The fraction of sp³-hybridized carbons (Fsp3) is 0.857. The highest BCUT2D eigenvalue weighted by Crippen LogP contribution is 2.04. The molecule has 4 heteroatoms. The molecule has 2 N–H and O–H groups in total. The number of nitrogens with one attached hydrogen (secondary N) is 2. The molecule has 1 unspecified atom stereocenters. The second-order valence-corrected chi connectivity index (χ2v) is 2.58. The molecule has 0 aromatic heterocycles. The van der Waals surface area contributed by atoms with Gasteiger partial charge in [-0.2, -0.15) is 0 Å². The zero-order chi connectivity index (χ0) is 8.10. The second kappa shape index (κ2) is 4.31. The number of amides is 1. The van der Waals surface area contributed by atoms with Crippen molar-refractivity contribution in [3.05, 3.63) is 0 Å². The summed E-state index contributed by atoms with van der Waals surface area (Å²) in [6.45, 7) is 3.28. The molecule has 0 aromatic rings. The van der Waals surface area contributed by atoms with Crippen LogP contribution in [-0.2, 0) is 9.63 Å². The molecule has 1 fully saturated rings. The number of rotatable bonds is 4. The van der Waals surface area contributed by atoms with Crippen LogP contribution in [-0.4, -0.2) is 25.1 Å². The molecule has 1 heterocycles. The SMILES string of the molecule is CCONCC1CCC(=O)N1. The molecule has 1 aliphatic rings. The molecular formula is C7H14N2O2. The lowest BCUT2D eigenvalue weighted by Gasteiger charge is -2.09. The Kier molecular flexibility index (Phi) is 3.32. The van der Waals surface area contributed by atoms with Crippen molar-refractivity contribution in [1.29, 1.82) is 0 Å². The van der Waals surface area contributed by atoms with E-state index in [-0.39, 0.29) is 11.9 Å². The van der Waals surface area contributed by atoms with Gasteiger partial charge in [-0.1, -0.05) is 0 Å². The van der Waals surface area contributed by atoms with Gasteiger partial charge in [0, 0.05) is 19.0 Å². The van der Waals surface area contributed by atoms with E-state index in [1.807, 2.05) is 6.92 Å². The minimum Gasteiger partial charge on any atom is -0.352 e. The Bertz CT molecular complexity index is 138. The Hall–Kier alpha value is -0.610. The van der Waals surface area contributed by atoms with E-state index in [1.165, 1.54) is 0 Å². The lowest BCUT2D eigenvalue weighted by Crippen LogP contribution is -2.35. The highest BCUT2D eigenvalue weighted by Gasteiger charge is 2.19. The monoisotopic (exact) mass is 158 g/mol. The lowest BCUT2D eigenvalue weighted by molar-refractivity contribution is -0.119. The summed E-state index contributed by atoms with van der Waals surface area (Å²) in [6.07, 6.45) is 1.57. The maximum Gasteiger partial charge on any atom is 0.220 e. The minimum absolute atomic E-state index is 0.147. The first-order chi connectivity index (χ1) is 5.33. The largest absolute Gasteiger partial charge is 0.352 e. The smallest absolute Gasteiger partial charge is 0.220 e. The molecule has 0 aliphatic carbocycles. The third kappa shape index (κ3) is 2.86. The maximum absolute atomic E-state index is 10.7. The first-order valence-corrected chi connectivity index (χ1v) is 3.97. The van der Waals surface area contributed by atoms with Crippen LogP contribution in [0.25, 0.3) is 0 Å². The number of carbonyl (C=O) groups excluding carboxylic acids is 1. The standard InChI is InChI=1S/C7H14N2O2/c1-2-11-8-5-6-3-4-7(10)9-6/h6,8H,2-5H2,1H3,(H,9,10). The topological polar surface area (TPSA) is 50.4 Å².